The van der Waals surface area contributed by atoms with Gasteiger partial charge < -0.3 is 5.11 Å². The monoisotopic (exact) mass is 483 g/mol. The number of hydrogen-bond donors (Lipinski definition) is 2. The van der Waals surface area contributed by atoms with Gasteiger partial charge in [0.25, 0.3) is 0 Å². The number of anilines is 1. The van der Waals surface area contributed by atoms with Gasteiger partial charge in [0.15, 0.2) is 5.78 Å². The molecule has 0 fully saturated rings. The van der Waals surface area contributed by atoms with Crippen molar-refractivity contribution in [1.29, 1.82) is 5.41 Å². The smallest absolute Gasteiger partial charge is 0.162 e. The van der Waals surface area contributed by atoms with Crippen LogP contribution in [-0.4, -0.2) is 21.7 Å². The predicted octanol–water partition coefficient (Wildman–Crippen LogP) is 6.93. The Kier molecular flexibility index (Phi) is 5.81. The third kappa shape index (κ3) is 4.17. The van der Waals surface area contributed by atoms with Crippen molar-refractivity contribution in [2.75, 3.05) is 4.90 Å². The number of hydrogen-bond acceptors (Lipinski definition) is 4. The first kappa shape index (κ1) is 23.1. The first-order valence-electron chi connectivity index (χ1n) is 11.6. The molecule has 5 rings (SSSR count). The molecule has 0 saturated heterocycles. The number of nitrogens with one attached hydrogen (secondary N) is 1. The third-order valence-electron chi connectivity index (χ3n) is 6.61. The minimum absolute atomic E-state index is 0.0167. The van der Waals surface area contributed by atoms with Gasteiger partial charge in [-0.05, 0) is 41.7 Å². The van der Waals surface area contributed by atoms with E-state index in [1.54, 1.807) is 41.6 Å². The lowest BCUT2D eigenvalue weighted by atomic mass is 9.67. The van der Waals surface area contributed by atoms with Gasteiger partial charge in [0.05, 0.1) is 0 Å². The molecule has 176 valence electrons. The van der Waals surface area contributed by atoms with Crippen molar-refractivity contribution >= 4 is 34.7 Å². The third-order valence-corrected chi connectivity index (χ3v) is 6.84. The molecule has 2 heterocycles. The maximum atomic E-state index is 13.8. The molecule has 2 N–H and O–H groups in total. The summed E-state index contributed by atoms with van der Waals surface area (Å²) in [5, 5.41) is 21.5. The van der Waals surface area contributed by atoms with Gasteiger partial charge in [0.2, 0.25) is 0 Å². The van der Waals surface area contributed by atoms with Crippen LogP contribution in [0.5, 0.6) is 0 Å². The fourth-order valence-corrected chi connectivity index (χ4v) is 5.33. The number of ketones is 1. The molecular formula is C29H26ClN3O2. The summed E-state index contributed by atoms with van der Waals surface area (Å²) >= 11 is 6.34. The number of aromatic nitrogens is 1. The summed E-state index contributed by atoms with van der Waals surface area (Å²) < 4.78 is 0. The van der Waals surface area contributed by atoms with E-state index in [9.17, 15) is 15.3 Å². The highest BCUT2D eigenvalue weighted by Crippen LogP contribution is 2.51. The molecule has 0 saturated carbocycles. The average molecular weight is 484 g/mol. The molecular weight excluding hydrogens is 458 g/mol. The molecule has 1 atom stereocenters. The Bertz CT molecular complexity index is 1380. The number of pyridine rings is 1. The Labute approximate surface area is 209 Å². The Morgan fingerprint density at radius 1 is 1.09 bits per heavy atom. The molecule has 6 heteroatoms. The van der Waals surface area contributed by atoms with E-state index in [0.717, 1.165) is 11.3 Å². The van der Waals surface area contributed by atoms with E-state index in [0.29, 0.717) is 40.3 Å². The van der Waals surface area contributed by atoms with Crippen LogP contribution in [0.1, 0.15) is 43.7 Å². The Balaban J connectivity index is 1.86. The van der Waals surface area contributed by atoms with Crippen LogP contribution in [0.4, 0.5) is 5.69 Å². The highest BCUT2D eigenvalue weighted by atomic mass is 35.5. The van der Waals surface area contributed by atoms with Crippen molar-refractivity contribution < 1.29 is 9.90 Å². The first-order valence-corrected chi connectivity index (χ1v) is 11.9. The number of carbonyl (C=O) groups is 1. The van der Waals surface area contributed by atoms with Crippen LogP contribution in [0.2, 0.25) is 5.02 Å². The number of allylic oxidation sites excluding steroid dienone is 2. The van der Waals surface area contributed by atoms with Gasteiger partial charge >= 0.3 is 0 Å². The number of rotatable bonds is 3. The minimum Gasteiger partial charge on any atom is -0.507 e. The summed E-state index contributed by atoms with van der Waals surface area (Å²) in [6, 6.07) is 20.1. The highest BCUT2D eigenvalue weighted by Gasteiger charge is 2.46. The summed E-state index contributed by atoms with van der Waals surface area (Å²) in [6.45, 7) is 4.14. The number of amidine groups is 1. The van der Waals surface area contributed by atoms with E-state index in [-0.39, 0.29) is 22.8 Å². The van der Waals surface area contributed by atoms with Crippen molar-refractivity contribution in [3.8, 4) is 0 Å². The standard InChI is InChI=1S/C29H26ClN3O2/c1-29(2)15-22-25(23(34)16-29)24(19-10-7-13-32-17-19)26(27(35)18-8-4-3-5-9-18)28(31)33(22)21-12-6-11-20(30)14-21/h3-14,17,24,31,35H,15-16H2,1-2H3/b27-26+,31-28?. The van der Waals surface area contributed by atoms with Gasteiger partial charge in [-0.25, -0.2) is 0 Å². The fourth-order valence-electron chi connectivity index (χ4n) is 5.15. The lowest BCUT2D eigenvalue weighted by molar-refractivity contribution is -0.118. The van der Waals surface area contributed by atoms with Crippen LogP contribution in [0.25, 0.3) is 5.76 Å². The molecule has 0 radical (unpaired) electrons. The van der Waals surface area contributed by atoms with Crippen LogP contribution >= 0.6 is 11.6 Å². The van der Waals surface area contributed by atoms with Crippen LogP contribution < -0.4 is 4.90 Å². The molecule has 0 amide bonds. The second-order valence-electron chi connectivity index (χ2n) is 9.81. The van der Waals surface area contributed by atoms with Crippen LogP contribution in [0, 0.1) is 10.8 Å². The average Bonchev–Trinajstić information content (AvgIpc) is 2.83. The molecule has 1 unspecified atom stereocenters. The zero-order valence-corrected chi connectivity index (χ0v) is 20.4. The van der Waals surface area contributed by atoms with E-state index in [4.69, 9.17) is 11.6 Å². The zero-order valence-electron chi connectivity index (χ0n) is 19.6. The molecule has 1 aliphatic heterocycles. The van der Waals surface area contributed by atoms with E-state index >= 15 is 0 Å². The molecule has 2 aromatic carbocycles. The van der Waals surface area contributed by atoms with E-state index in [1.165, 1.54) is 0 Å². The maximum Gasteiger partial charge on any atom is 0.162 e. The number of carbonyl (C=O) groups excluding carboxylic acids is 1. The van der Waals surface area contributed by atoms with Gasteiger partial charge in [-0.2, -0.15) is 0 Å². The summed E-state index contributed by atoms with van der Waals surface area (Å²) in [7, 11) is 0. The zero-order chi connectivity index (χ0) is 24.7. The number of Topliss-reactive ketones (excluding diaryl/α,β-unsaturated/α-hetero) is 1. The van der Waals surface area contributed by atoms with Gasteiger partial charge in [-0.3, -0.25) is 20.1 Å². The number of aliphatic hydroxyl groups is 1. The van der Waals surface area contributed by atoms with Gasteiger partial charge in [0, 0.05) is 57.8 Å². The van der Waals surface area contributed by atoms with E-state index in [2.05, 4.69) is 18.8 Å². The second kappa shape index (κ2) is 8.82. The predicted molar refractivity (Wildman–Crippen MR) is 140 cm³/mol. The molecule has 35 heavy (non-hydrogen) atoms. The normalized spacial score (nSPS) is 21.1. The quantitative estimate of drug-likeness (QED) is 0.396. The van der Waals surface area contributed by atoms with E-state index in [1.807, 2.05) is 42.5 Å². The Morgan fingerprint density at radius 3 is 2.54 bits per heavy atom. The molecule has 2 aliphatic rings. The number of benzene rings is 2. The minimum atomic E-state index is -0.606. The SMILES string of the molecule is CC1(C)CC(=O)C2=C(C1)N(c1cccc(Cl)c1)C(=N)/C(=C(/O)c1ccccc1)C2c1cccnc1. The van der Waals surface area contributed by atoms with Crippen LogP contribution in [0.3, 0.4) is 0 Å². The Hall–Kier alpha value is -3.70. The van der Waals surface area contributed by atoms with Crippen LogP contribution in [0.15, 0.2) is 96.0 Å². The van der Waals surface area contributed by atoms with Crippen molar-refractivity contribution in [2.45, 2.75) is 32.6 Å². The van der Waals surface area contributed by atoms with Gasteiger partial charge in [-0.15, -0.1) is 0 Å². The Morgan fingerprint density at radius 2 is 1.86 bits per heavy atom. The van der Waals surface area contributed by atoms with Crippen molar-refractivity contribution in [3.63, 3.8) is 0 Å². The maximum absolute atomic E-state index is 13.8. The molecule has 5 nitrogen and oxygen atoms in total. The molecule has 1 aromatic heterocycles. The van der Waals surface area contributed by atoms with Crippen molar-refractivity contribution in [3.05, 3.63) is 112 Å². The molecule has 0 spiro atoms. The second-order valence-corrected chi connectivity index (χ2v) is 10.2. The summed E-state index contributed by atoms with van der Waals surface area (Å²) in [6.07, 6.45) is 4.39. The summed E-state index contributed by atoms with van der Waals surface area (Å²) in [4.78, 5) is 19.8. The molecule has 0 bridgehead atoms. The summed E-state index contributed by atoms with van der Waals surface area (Å²) in [5.41, 5.74) is 3.51. The number of halogens is 1. The van der Waals surface area contributed by atoms with Crippen molar-refractivity contribution in [1.82, 2.24) is 4.98 Å². The lowest BCUT2D eigenvalue weighted by Gasteiger charge is -2.45. The first-order chi connectivity index (χ1) is 16.8. The van der Waals surface area contributed by atoms with Gasteiger partial charge in [0.1, 0.15) is 11.6 Å². The fraction of sp³-hybridized carbons (Fsp3) is 0.207. The van der Waals surface area contributed by atoms with Crippen molar-refractivity contribution in [2.24, 2.45) is 5.41 Å². The molecule has 1 aliphatic carbocycles. The largest absolute Gasteiger partial charge is 0.507 e. The number of nitrogens with zero attached hydrogens (tertiary/aromatic N) is 2. The number of aliphatic hydroxyl groups excluding tert-OH is 1. The van der Waals surface area contributed by atoms with Gasteiger partial charge in [-0.1, -0.05) is 67.9 Å². The van der Waals surface area contributed by atoms with E-state index < -0.39 is 5.92 Å². The van der Waals surface area contributed by atoms with Crippen LogP contribution in [-0.2, 0) is 4.79 Å². The highest BCUT2D eigenvalue weighted by molar-refractivity contribution is 6.31. The summed E-state index contributed by atoms with van der Waals surface area (Å²) in [5.74, 6) is -0.499. The lowest BCUT2D eigenvalue weighted by Crippen LogP contribution is -2.45. The topological polar surface area (TPSA) is 77.3 Å². The molecule has 3 aromatic rings.